The molecule has 0 amide bonds. The number of H-pyrrole nitrogens is 1. The lowest BCUT2D eigenvalue weighted by Gasteiger charge is -2.09. The molecule has 1 aromatic rings. The summed E-state index contributed by atoms with van der Waals surface area (Å²) >= 11 is 0. The minimum absolute atomic E-state index is 0.0803. The van der Waals surface area contributed by atoms with Crippen LogP contribution < -0.4 is 11.0 Å². The smallest absolute Gasteiger partial charge is 0.327 e. The first kappa shape index (κ1) is 9.50. The fourth-order valence-electron chi connectivity index (χ4n) is 1.46. The van der Waals surface area contributed by atoms with E-state index in [0.717, 1.165) is 0 Å². The summed E-state index contributed by atoms with van der Waals surface area (Å²) < 4.78 is 1.37. The van der Waals surface area contributed by atoms with Gasteiger partial charge in [0.1, 0.15) is 5.82 Å². The van der Waals surface area contributed by atoms with E-state index >= 15 is 0 Å². The van der Waals surface area contributed by atoms with E-state index in [1.54, 1.807) is 0 Å². The summed E-state index contributed by atoms with van der Waals surface area (Å²) in [7, 11) is 0. The Morgan fingerprint density at radius 1 is 1.67 bits per heavy atom. The average molecular weight is 210 g/mol. The number of aliphatic carboxylic acids is 1. The third kappa shape index (κ3) is 1.76. The molecule has 0 spiro atoms. The van der Waals surface area contributed by atoms with Crippen LogP contribution in [0.25, 0.3) is 0 Å². The molecule has 15 heavy (non-hydrogen) atoms. The molecule has 1 aliphatic rings. The molecule has 0 saturated heterocycles. The van der Waals surface area contributed by atoms with Crippen LogP contribution in [-0.2, 0) is 17.9 Å². The Morgan fingerprint density at radius 3 is 3.20 bits per heavy atom. The molecule has 7 heteroatoms. The zero-order valence-electron chi connectivity index (χ0n) is 7.86. The van der Waals surface area contributed by atoms with Gasteiger partial charge >= 0.3 is 11.7 Å². The second-order valence-electron chi connectivity index (χ2n) is 3.17. The first-order chi connectivity index (χ1) is 7.18. The van der Waals surface area contributed by atoms with Crippen molar-refractivity contribution in [1.82, 2.24) is 9.55 Å². The first-order valence-corrected chi connectivity index (χ1v) is 4.47. The predicted octanol–water partition coefficient (Wildman–Crippen LogP) is -0.395. The summed E-state index contributed by atoms with van der Waals surface area (Å²) in [6.45, 7) is 0.568. The monoisotopic (exact) mass is 210 g/mol. The lowest BCUT2D eigenvalue weighted by Crippen LogP contribution is -2.20. The Morgan fingerprint density at radius 2 is 2.47 bits per heavy atom. The van der Waals surface area contributed by atoms with E-state index in [1.807, 2.05) is 0 Å². The van der Waals surface area contributed by atoms with Crippen molar-refractivity contribution in [2.75, 3.05) is 5.32 Å². The number of carboxylic acids is 1. The van der Waals surface area contributed by atoms with E-state index in [0.29, 0.717) is 18.1 Å². The predicted molar refractivity (Wildman–Crippen MR) is 53.1 cm³/mol. The van der Waals surface area contributed by atoms with Gasteiger partial charge in [0.15, 0.2) is 0 Å². The van der Waals surface area contributed by atoms with E-state index in [4.69, 9.17) is 5.11 Å². The van der Waals surface area contributed by atoms with E-state index in [2.05, 4.69) is 15.3 Å². The van der Waals surface area contributed by atoms with Crippen LogP contribution in [-0.4, -0.2) is 27.0 Å². The number of anilines is 1. The van der Waals surface area contributed by atoms with Crippen LogP contribution in [0.3, 0.4) is 0 Å². The average Bonchev–Trinajstić information content (AvgIpc) is 2.50. The maximum atomic E-state index is 11.4. The minimum atomic E-state index is -0.929. The summed E-state index contributed by atoms with van der Waals surface area (Å²) in [5.74, 6) is -0.322. The van der Waals surface area contributed by atoms with Gasteiger partial charge in [-0.1, -0.05) is 0 Å². The molecule has 0 radical (unpaired) electrons. The molecule has 0 atom stereocenters. The van der Waals surface area contributed by atoms with Crippen LogP contribution in [0.15, 0.2) is 9.79 Å². The lowest BCUT2D eigenvalue weighted by atomic mass is 10.4. The highest BCUT2D eigenvalue weighted by Crippen LogP contribution is 2.15. The molecule has 7 nitrogen and oxygen atoms in total. The molecule has 2 heterocycles. The molecule has 0 bridgehead atoms. The number of nitrogens with zero attached hydrogens (tertiary/aromatic N) is 2. The second kappa shape index (κ2) is 3.60. The van der Waals surface area contributed by atoms with Gasteiger partial charge in [0.25, 0.3) is 0 Å². The third-order valence-corrected chi connectivity index (χ3v) is 2.15. The van der Waals surface area contributed by atoms with E-state index in [1.165, 1.54) is 10.9 Å². The van der Waals surface area contributed by atoms with Gasteiger partial charge in [-0.3, -0.25) is 14.4 Å². The zero-order chi connectivity index (χ0) is 10.8. The number of carbonyl (C=O) groups is 1. The number of rotatable bonds is 3. The summed E-state index contributed by atoms with van der Waals surface area (Å²) in [6, 6.07) is 0. The van der Waals surface area contributed by atoms with Gasteiger partial charge in [-0.25, -0.2) is 4.79 Å². The van der Waals surface area contributed by atoms with Crippen LogP contribution in [0.5, 0.6) is 0 Å². The SMILES string of the molecule is O=C(O)CCn1c2c([nH]c1=O)CN=CN2. The summed E-state index contributed by atoms with van der Waals surface area (Å²) in [5.41, 5.74) is 0.382. The molecule has 1 aromatic heterocycles. The van der Waals surface area contributed by atoms with Crippen molar-refractivity contribution < 1.29 is 9.90 Å². The number of nitrogens with one attached hydrogen (secondary N) is 2. The minimum Gasteiger partial charge on any atom is -0.481 e. The number of imidazole rings is 1. The van der Waals surface area contributed by atoms with Crippen LogP contribution in [0.2, 0.25) is 0 Å². The van der Waals surface area contributed by atoms with Crippen LogP contribution in [0.1, 0.15) is 12.1 Å². The Balaban J connectivity index is 2.27. The number of carboxylic acid groups (broad SMARTS) is 1. The first-order valence-electron chi connectivity index (χ1n) is 4.47. The Bertz CT molecular complexity index is 471. The van der Waals surface area contributed by atoms with E-state index in [-0.39, 0.29) is 18.7 Å². The van der Waals surface area contributed by atoms with Gasteiger partial charge < -0.3 is 15.4 Å². The summed E-state index contributed by atoms with van der Waals surface area (Å²) in [6.07, 6.45) is 1.41. The molecule has 3 N–H and O–H groups in total. The van der Waals surface area contributed by atoms with Crippen molar-refractivity contribution in [3.63, 3.8) is 0 Å². The van der Waals surface area contributed by atoms with Crippen molar-refractivity contribution in [1.29, 1.82) is 0 Å². The Kier molecular flexibility index (Phi) is 2.28. The van der Waals surface area contributed by atoms with E-state index < -0.39 is 5.97 Å². The molecule has 80 valence electrons. The molecule has 0 saturated carbocycles. The van der Waals surface area contributed by atoms with Crippen molar-refractivity contribution in [2.45, 2.75) is 19.5 Å². The lowest BCUT2D eigenvalue weighted by molar-refractivity contribution is -0.137. The Labute approximate surface area is 84.5 Å². The fraction of sp³-hybridized carbons (Fsp3) is 0.375. The second-order valence-corrected chi connectivity index (χ2v) is 3.17. The highest BCUT2D eigenvalue weighted by atomic mass is 16.4. The zero-order valence-corrected chi connectivity index (χ0v) is 7.86. The van der Waals surface area contributed by atoms with Crippen molar-refractivity contribution in [3.05, 3.63) is 16.2 Å². The highest BCUT2D eigenvalue weighted by Gasteiger charge is 2.15. The topological polar surface area (TPSA) is 99.5 Å². The fourth-order valence-corrected chi connectivity index (χ4v) is 1.46. The van der Waals surface area contributed by atoms with Crippen LogP contribution in [0, 0.1) is 0 Å². The van der Waals surface area contributed by atoms with Gasteiger partial charge in [0.05, 0.1) is 25.0 Å². The largest absolute Gasteiger partial charge is 0.481 e. The maximum Gasteiger partial charge on any atom is 0.327 e. The van der Waals surface area contributed by atoms with Gasteiger partial charge in [0.2, 0.25) is 0 Å². The van der Waals surface area contributed by atoms with Gasteiger partial charge in [-0.05, 0) is 0 Å². The van der Waals surface area contributed by atoms with Gasteiger partial charge in [-0.2, -0.15) is 0 Å². The van der Waals surface area contributed by atoms with Crippen LogP contribution in [0.4, 0.5) is 5.82 Å². The molecular formula is C8H10N4O3. The molecule has 0 unspecified atom stereocenters. The normalized spacial score (nSPS) is 13.3. The van der Waals surface area contributed by atoms with Crippen molar-refractivity contribution in [3.8, 4) is 0 Å². The number of aromatic nitrogens is 2. The number of hydrogen-bond donors (Lipinski definition) is 3. The highest BCUT2D eigenvalue weighted by molar-refractivity contribution is 5.77. The van der Waals surface area contributed by atoms with Gasteiger partial charge in [0, 0.05) is 6.54 Å². The van der Waals surface area contributed by atoms with Crippen molar-refractivity contribution in [2.24, 2.45) is 4.99 Å². The number of hydrogen-bond acceptors (Lipinski definition) is 4. The quantitative estimate of drug-likeness (QED) is 0.632. The maximum absolute atomic E-state index is 11.4. The standard InChI is InChI=1S/C8H10N4O3/c13-6(14)1-2-12-7-5(11-8(12)15)3-9-4-10-7/h4H,1-3H2,(H,9,10)(H,11,15)(H,13,14). The molecule has 0 aromatic carbocycles. The molecular weight excluding hydrogens is 200 g/mol. The number of aromatic amines is 1. The summed E-state index contributed by atoms with van der Waals surface area (Å²) in [5, 5.41) is 11.4. The molecule has 2 rings (SSSR count). The Hall–Kier alpha value is -2.05. The molecule has 0 fully saturated rings. The van der Waals surface area contributed by atoms with Gasteiger partial charge in [-0.15, -0.1) is 0 Å². The molecule has 1 aliphatic heterocycles. The van der Waals surface area contributed by atoms with Crippen LogP contribution >= 0.6 is 0 Å². The number of fused-ring (bicyclic) bond motifs is 1. The number of aliphatic imine (C=N–C) groups is 1. The molecule has 0 aliphatic carbocycles. The third-order valence-electron chi connectivity index (χ3n) is 2.15. The van der Waals surface area contributed by atoms with E-state index in [9.17, 15) is 9.59 Å². The summed E-state index contributed by atoms with van der Waals surface area (Å²) in [4.78, 5) is 28.4. The van der Waals surface area contributed by atoms with Crippen molar-refractivity contribution >= 4 is 18.1 Å².